The highest BCUT2D eigenvalue weighted by Gasteiger charge is 2.12. The van der Waals surface area contributed by atoms with Crippen LogP contribution in [0.3, 0.4) is 0 Å². The molecule has 0 unspecified atom stereocenters. The lowest BCUT2D eigenvalue weighted by Crippen LogP contribution is -2.21. The number of allylic oxidation sites excluding steroid dienone is 1. The highest BCUT2D eigenvalue weighted by molar-refractivity contribution is 6.32. The number of aldehydes is 1. The molecule has 0 saturated heterocycles. The molecule has 0 aliphatic heterocycles. The maximum atomic E-state index is 10.9. The van der Waals surface area contributed by atoms with Crippen molar-refractivity contribution in [1.82, 2.24) is 9.97 Å². The minimum absolute atomic E-state index is 0.190. The van der Waals surface area contributed by atoms with Crippen LogP contribution < -0.4 is 4.90 Å². The van der Waals surface area contributed by atoms with Gasteiger partial charge in [-0.2, -0.15) is 0 Å². The van der Waals surface area contributed by atoms with Crippen LogP contribution in [0.25, 0.3) is 0 Å². The summed E-state index contributed by atoms with van der Waals surface area (Å²) >= 11 is 5.81. The summed E-state index contributed by atoms with van der Waals surface area (Å²) in [5.74, 6) is 0.569. The number of rotatable bonds is 6. The number of anilines is 1. The van der Waals surface area contributed by atoms with Gasteiger partial charge in [0.2, 0.25) is 0 Å². The zero-order valence-electron chi connectivity index (χ0n) is 9.19. The lowest BCUT2D eigenvalue weighted by Gasteiger charge is -2.19. The number of aromatic nitrogens is 2. The third-order valence-electron chi connectivity index (χ3n) is 2.20. The van der Waals surface area contributed by atoms with Crippen molar-refractivity contribution in [2.24, 2.45) is 0 Å². The smallest absolute Gasteiger partial charge is 0.156 e. The molecule has 5 heteroatoms. The van der Waals surface area contributed by atoms with Gasteiger partial charge in [0.05, 0.1) is 5.56 Å². The van der Waals surface area contributed by atoms with Crippen LogP contribution in [0.1, 0.15) is 23.2 Å². The highest BCUT2D eigenvalue weighted by Crippen LogP contribution is 2.20. The van der Waals surface area contributed by atoms with Crippen molar-refractivity contribution < 1.29 is 4.79 Å². The summed E-state index contributed by atoms with van der Waals surface area (Å²) in [6, 6.07) is 0. The van der Waals surface area contributed by atoms with Crippen LogP contribution in [0.2, 0.25) is 5.15 Å². The highest BCUT2D eigenvalue weighted by atomic mass is 35.5. The molecule has 1 aromatic heterocycles. The van der Waals surface area contributed by atoms with Crippen molar-refractivity contribution in [2.45, 2.75) is 12.8 Å². The Morgan fingerprint density at radius 3 is 2.94 bits per heavy atom. The first kappa shape index (κ1) is 12.6. The molecule has 0 fully saturated rings. The molecule has 0 radical (unpaired) electrons. The van der Waals surface area contributed by atoms with E-state index in [0.29, 0.717) is 17.7 Å². The Hall–Kier alpha value is -1.42. The molecule has 1 aromatic rings. The number of carbonyl (C=O) groups is 1. The first-order valence-corrected chi connectivity index (χ1v) is 5.36. The first-order valence-electron chi connectivity index (χ1n) is 4.98. The summed E-state index contributed by atoms with van der Waals surface area (Å²) < 4.78 is 0. The van der Waals surface area contributed by atoms with Gasteiger partial charge in [0.1, 0.15) is 17.3 Å². The molecule has 4 nitrogen and oxygen atoms in total. The molecule has 1 heterocycles. The van der Waals surface area contributed by atoms with Gasteiger partial charge >= 0.3 is 0 Å². The van der Waals surface area contributed by atoms with Crippen LogP contribution in [-0.4, -0.2) is 29.8 Å². The fraction of sp³-hybridized carbons (Fsp3) is 0.364. The van der Waals surface area contributed by atoms with Gasteiger partial charge in [-0.3, -0.25) is 4.79 Å². The van der Waals surface area contributed by atoms with Gasteiger partial charge in [-0.25, -0.2) is 9.97 Å². The Kier molecular flexibility index (Phi) is 4.92. The third-order valence-corrected chi connectivity index (χ3v) is 2.50. The van der Waals surface area contributed by atoms with Gasteiger partial charge in [0, 0.05) is 13.6 Å². The summed E-state index contributed by atoms with van der Waals surface area (Å²) in [6.45, 7) is 4.45. The van der Waals surface area contributed by atoms with Crippen LogP contribution in [0.15, 0.2) is 19.0 Å². The van der Waals surface area contributed by atoms with Gasteiger partial charge in [-0.05, 0) is 12.8 Å². The number of carbonyl (C=O) groups excluding carboxylic acids is 1. The molecule has 0 aliphatic carbocycles. The van der Waals surface area contributed by atoms with Gasteiger partial charge in [-0.1, -0.05) is 17.7 Å². The van der Waals surface area contributed by atoms with E-state index in [-0.39, 0.29) is 5.15 Å². The molecule has 1 rings (SSSR count). The second-order valence-corrected chi connectivity index (χ2v) is 3.73. The molecule has 16 heavy (non-hydrogen) atoms. The van der Waals surface area contributed by atoms with Crippen molar-refractivity contribution in [3.05, 3.63) is 29.7 Å². The Balaban J connectivity index is 2.81. The average Bonchev–Trinajstić information content (AvgIpc) is 2.29. The minimum atomic E-state index is 0.190. The zero-order chi connectivity index (χ0) is 12.0. The fourth-order valence-electron chi connectivity index (χ4n) is 1.35. The lowest BCUT2D eigenvalue weighted by atomic mass is 10.2. The number of hydrogen-bond acceptors (Lipinski definition) is 4. The quantitative estimate of drug-likeness (QED) is 0.331. The van der Waals surface area contributed by atoms with E-state index in [1.165, 1.54) is 6.33 Å². The van der Waals surface area contributed by atoms with Crippen molar-refractivity contribution in [2.75, 3.05) is 18.5 Å². The molecule has 0 amide bonds. The Bertz CT molecular complexity index is 381. The Morgan fingerprint density at radius 1 is 1.56 bits per heavy atom. The van der Waals surface area contributed by atoms with Crippen molar-refractivity contribution in [3.63, 3.8) is 0 Å². The zero-order valence-corrected chi connectivity index (χ0v) is 9.94. The van der Waals surface area contributed by atoms with E-state index in [2.05, 4.69) is 16.5 Å². The van der Waals surface area contributed by atoms with E-state index in [9.17, 15) is 4.79 Å². The minimum Gasteiger partial charge on any atom is -0.359 e. The van der Waals surface area contributed by atoms with Crippen LogP contribution in [0.5, 0.6) is 0 Å². The van der Waals surface area contributed by atoms with Crippen LogP contribution >= 0.6 is 11.6 Å². The summed E-state index contributed by atoms with van der Waals surface area (Å²) in [5.41, 5.74) is 0.338. The molecule has 0 atom stereocenters. The van der Waals surface area contributed by atoms with Gasteiger partial charge in [-0.15, -0.1) is 6.58 Å². The second-order valence-electron chi connectivity index (χ2n) is 3.37. The first-order chi connectivity index (χ1) is 7.70. The van der Waals surface area contributed by atoms with Crippen LogP contribution in [-0.2, 0) is 0 Å². The number of unbranched alkanes of at least 4 members (excludes halogenated alkanes) is 1. The predicted octanol–water partition coefficient (Wildman–Crippen LogP) is 2.34. The fourth-order valence-corrected chi connectivity index (χ4v) is 1.52. The van der Waals surface area contributed by atoms with Gasteiger partial charge < -0.3 is 4.90 Å². The number of halogens is 1. The largest absolute Gasteiger partial charge is 0.359 e. The molecule has 86 valence electrons. The third kappa shape index (κ3) is 3.03. The van der Waals surface area contributed by atoms with Crippen molar-refractivity contribution >= 4 is 23.7 Å². The number of nitrogens with zero attached hydrogens (tertiary/aromatic N) is 3. The number of hydrogen-bond donors (Lipinski definition) is 0. The molecule has 0 aliphatic rings. The SMILES string of the molecule is C=CCCCN(C)c1ncnc(Cl)c1C=O. The van der Waals surface area contributed by atoms with Gasteiger partial charge in [0.25, 0.3) is 0 Å². The van der Waals surface area contributed by atoms with Crippen molar-refractivity contribution in [1.29, 1.82) is 0 Å². The van der Waals surface area contributed by atoms with Crippen LogP contribution in [0, 0.1) is 0 Å². The maximum absolute atomic E-state index is 10.9. The Morgan fingerprint density at radius 2 is 2.31 bits per heavy atom. The van der Waals surface area contributed by atoms with E-state index in [1.54, 1.807) is 0 Å². The lowest BCUT2D eigenvalue weighted by molar-refractivity contribution is 0.112. The van der Waals surface area contributed by atoms with E-state index in [0.717, 1.165) is 19.4 Å². The Labute approximate surface area is 100.0 Å². The topological polar surface area (TPSA) is 46.1 Å². The monoisotopic (exact) mass is 239 g/mol. The molecule has 0 N–H and O–H groups in total. The molecular formula is C11H14ClN3O. The molecule has 0 aromatic carbocycles. The van der Waals surface area contributed by atoms with Gasteiger partial charge in [0.15, 0.2) is 6.29 Å². The molecule has 0 saturated carbocycles. The van der Waals surface area contributed by atoms with E-state index >= 15 is 0 Å². The van der Waals surface area contributed by atoms with E-state index in [1.807, 2.05) is 18.0 Å². The molecular weight excluding hydrogens is 226 g/mol. The van der Waals surface area contributed by atoms with E-state index in [4.69, 9.17) is 11.6 Å². The average molecular weight is 240 g/mol. The standard InChI is InChI=1S/C11H14ClN3O/c1-3-4-5-6-15(2)11-9(7-16)10(12)13-8-14-11/h3,7-8H,1,4-6H2,2H3. The normalized spacial score (nSPS) is 9.88. The summed E-state index contributed by atoms with van der Waals surface area (Å²) in [5, 5.41) is 0.190. The summed E-state index contributed by atoms with van der Waals surface area (Å²) in [6.07, 6.45) is 5.79. The maximum Gasteiger partial charge on any atom is 0.156 e. The van der Waals surface area contributed by atoms with E-state index < -0.39 is 0 Å². The van der Waals surface area contributed by atoms with Crippen molar-refractivity contribution in [3.8, 4) is 0 Å². The van der Waals surface area contributed by atoms with Crippen LogP contribution in [0.4, 0.5) is 5.82 Å². The summed E-state index contributed by atoms with van der Waals surface area (Å²) in [7, 11) is 1.87. The molecule has 0 bridgehead atoms. The predicted molar refractivity (Wildman–Crippen MR) is 65.1 cm³/mol. The second kappa shape index (κ2) is 6.23. The molecule has 0 spiro atoms. The summed E-state index contributed by atoms with van der Waals surface area (Å²) in [4.78, 5) is 20.6.